The summed E-state index contributed by atoms with van der Waals surface area (Å²) in [6.07, 6.45) is -0.111. The number of anilines is 1. The third-order valence-corrected chi connectivity index (χ3v) is 5.08. The Kier molecular flexibility index (Phi) is 8.98. The zero-order valence-electron chi connectivity index (χ0n) is 19.1. The quantitative estimate of drug-likeness (QED) is 0.457. The van der Waals surface area contributed by atoms with Gasteiger partial charge in [0.25, 0.3) is 0 Å². The van der Waals surface area contributed by atoms with Crippen molar-refractivity contribution >= 4 is 11.6 Å². The van der Waals surface area contributed by atoms with E-state index in [0.717, 1.165) is 12.1 Å². The minimum absolute atomic E-state index is 0.111. The van der Waals surface area contributed by atoms with Gasteiger partial charge in [0.05, 0.1) is 39.1 Å². The van der Waals surface area contributed by atoms with Crippen LogP contribution in [0.4, 0.5) is 10.1 Å². The normalized spacial score (nSPS) is 15.2. The largest absolute Gasteiger partial charge is 0.493 e. The van der Waals surface area contributed by atoms with Gasteiger partial charge in [-0.25, -0.2) is 9.38 Å². The van der Waals surface area contributed by atoms with Crippen molar-refractivity contribution in [1.29, 1.82) is 0 Å². The summed E-state index contributed by atoms with van der Waals surface area (Å²) in [6.45, 7) is 8.29. The van der Waals surface area contributed by atoms with Gasteiger partial charge < -0.3 is 29.7 Å². The minimum atomic E-state index is -0.226. The van der Waals surface area contributed by atoms with E-state index in [1.807, 2.05) is 55.1 Å². The molecule has 1 heterocycles. The highest BCUT2D eigenvalue weighted by Gasteiger charge is 2.15. The zero-order valence-corrected chi connectivity index (χ0v) is 19.1. The van der Waals surface area contributed by atoms with Crippen LogP contribution in [0.1, 0.15) is 19.4 Å². The molecule has 174 valence electrons. The van der Waals surface area contributed by atoms with E-state index < -0.39 is 0 Å². The van der Waals surface area contributed by atoms with Crippen LogP contribution in [-0.4, -0.2) is 58.6 Å². The molecule has 1 aliphatic heterocycles. The molecule has 0 radical (unpaired) electrons. The fraction of sp³-hybridized carbons (Fsp3) is 0.458. The first-order valence-electron chi connectivity index (χ1n) is 11.0. The monoisotopic (exact) mass is 444 g/mol. The number of halogens is 1. The lowest BCUT2D eigenvalue weighted by atomic mass is 10.1. The molecule has 0 spiro atoms. The van der Waals surface area contributed by atoms with E-state index in [-0.39, 0.29) is 11.9 Å². The lowest BCUT2D eigenvalue weighted by Gasteiger charge is -2.29. The minimum Gasteiger partial charge on any atom is -0.493 e. The average Bonchev–Trinajstić information content (AvgIpc) is 2.82. The number of methoxy groups -OCH3 is 1. The van der Waals surface area contributed by atoms with E-state index in [9.17, 15) is 4.39 Å². The van der Waals surface area contributed by atoms with Crippen molar-refractivity contribution in [2.75, 3.05) is 51.4 Å². The number of benzene rings is 2. The van der Waals surface area contributed by atoms with Crippen LogP contribution in [-0.2, 0) is 11.3 Å². The summed E-state index contributed by atoms with van der Waals surface area (Å²) in [5.41, 5.74) is 1.43. The standard InChI is InChI=1S/C24H33FN4O3/c1-4-26-24(27-16-18(2)32-23-8-6-5-7-22(23)30-3)28-17-19-9-10-21(20(25)15-19)29-11-13-31-14-12-29/h5-10,15,18H,4,11-14,16-17H2,1-3H3,(H2,26,27,28). The Hall–Kier alpha value is -3.00. The van der Waals surface area contributed by atoms with Gasteiger partial charge >= 0.3 is 0 Å². The maximum atomic E-state index is 14.6. The molecule has 1 aliphatic rings. The lowest BCUT2D eigenvalue weighted by molar-refractivity contribution is 0.122. The Balaban J connectivity index is 1.56. The van der Waals surface area contributed by atoms with Crippen LogP contribution in [0.2, 0.25) is 0 Å². The van der Waals surface area contributed by atoms with E-state index in [1.54, 1.807) is 13.2 Å². The first-order valence-corrected chi connectivity index (χ1v) is 11.0. The van der Waals surface area contributed by atoms with Crippen molar-refractivity contribution in [3.8, 4) is 11.5 Å². The Morgan fingerprint density at radius 3 is 2.59 bits per heavy atom. The number of ether oxygens (including phenoxy) is 3. The molecule has 32 heavy (non-hydrogen) atoms. The van der Waals surface area contributed by atoms with E-state index in [4.69, 9.17) is 14.2 Å². The maximum Gasteiger partial charge on any atom is 0.191 e. The van der Waals surface area contributed by atoms with Gasteiger partial charge in [0, 0.05) is 19.6 Å². The molecule has 7 nitrogen and oxygen atoms in total. The van der Waals surface area contributed by atoms with Crippen molar-refractivity contribution in [1.82, 2.24) is 10.6 Å². The number of para-hydroxylation sites is 2. The highest BCUT2D eigenvalue weighted by Crippen LogP contribution is 2.26. The van der Waals surface area contributed by atoms with Crippen LogP contribution < -0.4 is 25.0 Å². The molecule has 1 atom stereocenters. The number of nitrogens with zero attached hydrogens (tertiary/aromatic N) is 2. The third-order valence-electron chi connectivity index (χ3n) is 5.08. The van der Waals surface area contributed by atoms with E-state index >= 15 is 0 Å². The molecule has 1 saturated heterocycles. The van der Waals surface area contributed by atoms with Gasteiger partial charge in [-0.3, -0.25) is 0 Å². The second-order valence-corrected chi connectivity index (χ2v) is 7.54. The SMILES string of the molecule is CCNC(=NCc1ccc(N2CCOCC2)c(F)c1)NCC(C)Oc1ccccc1OC. The number of nitrogens with one attached hydrogen (secondary N) is 2. The smallest absolute Gasteiger partial charge is 0.191 e. The maximum absolute atomic E-state index is 14.6. The van der Waals surface area contributed by atoms with Crippen molar-refractivity contribution in [3.63, 3.8) is 0 Å². The van der Waals surface area contributed by atoms with Gasteiger partial charge in [-0.2, -0.15) is 0 Å². The topological polar surface area (TPSA) is 67.4 Å². The molecule has 2 aromatic carbocycles. The first-order chi connectivity index (χ1) is 15.6. The summed E-state index contributed by atoms with van der Waals surface area (Å²) in [5, 5.41) is 6.50. The predicted molar refractivity (Wildman–Crippen MR) is 125 cm³/mol. The zero-order chi connectivity index (χ0) is 22.8. The molecule has 1 fully saturated rings. The lowest BCUT2D eigenvalue weighted by Crippen LogP contribution is -2.41. The molecule has 0 aliphatic carbocycles. The molecule has 3 rings (SSSR count). The van der Waals surface area contributed by atoms with Crippen LogP contribution in [0, 0.1) is 5.82 Å². The van der Waals surface area contributed by atoms with Crippen molar-refractivity contribution in [2.24, 2.45) is 4.99 Å². The van der Waals surface area contributed by atoms with Gasteiger partial charge in [0.15, 0.2) is 17.5 Å². The number of hydrogen-bond donors (Lipinski definition) is 2. The molecule has 2 aromatic rings. The van der Waals surface area contributed by atoms with Gasteiger partial charge in [0.1, 0.15) is 11.9 Å². The molecule has 2 N–H and O–H groups in total. The Labute approximate surface area is 189 Å². The fourth-order valence-electron chi connectivity index (χ4n) is 3.44. The summed E-state index contributed by atoms with van der Waals surface area (Å²) in [5.74, 6) is 1.82. The third kappa shape index (κ3) is 6.75. The summed E-state index contributed by atoms with van der Waals surface area (Å²) >= 11 is 0. The molecule has 0 saturated carbocycles. The number of hydrogen-bond acceptors (Lipinski definition) is 5. The molecule has 8 heteroatoms. The van der Waals surface area contributed by atoms with Gasteiger partial charge in [-0.15, -0.1) is 0 Å². The van der Waals surface area contributed by atoms with E-state index in [2.05, 4.69) is 15.6 Å². The van der Waals surface area contributed by atoms with Crippen LogP contribution in [0.3, 0.4) is 0 Å². The summed E-state index contributed by atoms with van der Waals surface area (Å²) in [4.78, 5) is 6.61. The van der Waals surface area contributed by atoms with Gasteiger partial charge in [-0.1, -0.05) is 18.2 Å². The number of guanidine groups is 1. The van der Waals surface area contributed by atoms with Gasteiger partial charge in [0.2, 0.25) is 0 Å². The number of morpholine rings is 1. The van der Waals surface area contributed by atoms with Crippen molar-refractivity contribution in [2.45, 2.75) is 26.5 Å². The molecule has 0 bridgehead atoms. The fourth-order valence-corrected chi connectivity index (χ4v) is 3.44. The second kappa shape index (κ2) is 12.1. The van der Waals surface area contributed by atoms with Crippen LogP contribution in [0.15, 0.2) is 47.5 Å². The highest BCUT2D eigenvalue weighted by molar-refractivity contribution is 5.79. The van der Waals surface area contributed by atoms with Crippen molar-refractivity contribution in [3.05, 3.63) is 53.8 Å². The summed E-state index contributed by atoms with van der Waals surface area (Å²) < 4.78 is 31.3. The molecule has 0 amide bonds. The summed E-state index contributed by atoms with van der Waals surface area (Å²) in [7, 11) is 1.62. The second-order valence-electron chi connectivity index (χ2n) is 7.54. The first kappa shape index (κ1) is 23.7. The molecular weight excluding hydrogens is 411 g/mol. The number of aliphatic imine (C=N–C) groups is 1. The van der Waals surface area contributed by atoms with E-state index in [1.165, 1.54) is 0 Å². The molecule has 0 aromatic heterocycles. The average molecular weight is 445 g/mol. The molecule has 1 unspecified atom stereocenters. The Morgan fingerprint density at radius 1 is 1.16 bits per heavy atom. The molecular formula is C24H33FN4O3. The van der Waals surface area contributed by atoms with E-state index in [0.29, 0.717) is 62.5 Å². The highest BCUT2D eigenvalue weighted by atomic mass is 19.1. The van der Waals surface area contributed by atoms with Crippen LogP contribution in [0.5, 0.6) is 11.5 Å². The van der Waals surface area contributed by atoms with Crippen LogP contribution in [0.25, 0.3) is 0 Å². The van der Waals surface area contributed by atoms with Crippen LogP contribution >= 0.6 is 0 Å². The predicted octanol–water partition coefficient (Wildman–Crippen LogP) is 3.19. The van der Waals surface area contributed by atoms with Crippen molar-refractivity contribution < 1.29 is 18.6 Å². The number of rotatable bonds is 9. The van der Waals surface area contributed by atoms with Gasteiger partial charge in [-0.05, 0) is 43.7 Å². The Bertz CT molecular complexity index is 887. The Morgan fingerprint density at radius 2 is 1.91 bits per heavy atom. The summed E-state index contributed by atoms with van der Waals surface area (Å²) in [6, 6.07) is 12.9.